The maximum absolute atomic E-state index is 11.9. The van der Waals surface area contributed by atoms with E-state index in [0.29, 0.717) is 10.7 Å². The number of aryl methyl sites for hydroxylation is 1. The summed E-state index contributed by atoms with van der Waals surface area (Å²) in [6.07, 6.45) is 0. The Morgan fingerprint density at radius 3 is 2.81 bits per heavy atom. The van der Waals surface area contributed by atoms with Gasteiger partial charge in [-0.05, 0) is 60.0 Å². The standard InChI is InChI=1S/C15H17ClN2O2S/c1-10-7-12(16)3-4-13(10)18-14(19)17-9-15(2,20)11-5-6-21-8-11/h3-8,20H,9H2,1-2H3,(H2,17,18,19). The van der Waals surface area contributed by atoms with Gasteiger partial charge in [0, 0.05) is 10.7 Å². The first-order valence-corrected chi connectivity index (χ1v) is 7.76. The van der Waals surface area contributed by atoms with Crippen LogP contribution in [-0.4, -0.2) is 17.7 Å². The van der Waals surface area contributed by atoms with Crippen LogP contribution in [0.5, 0.6) is 0 Å². The molecule has 6 heteroatoms. The summed E-state index contributed by atoms with van der Waals surface area (Å²) < 4.78 is 0. The van der Waals surface area contributed by atoms with Crippen molar-refractivity contribution in [2.45, 2.75) is 19.4 Å². The molecule has 21 heavy (non-hydrogen) atoms. The molecule has 112 valence electrons. The molecule has 3 N–H and O–H groups in total. The number of aliphatic hydroxyl groups is 1. The van der Waals surface area contributed by atoms with Gasteiger partial charge in [0.15, 0.2) is 0 Å². The molecule has 0 saturated carbocycles. The minimum atomic E-state index is -1.09. The van der Waals surface area contributed by atoms with Crippen LogP contribution in [0.2, 0.25) is 5.02 Å². The minimum Gasteiger partial charge on any atom is -0.384 e. The lowest BCUT2D eigenvalue weighted by atomic mass is 9.99. The number of anilines is 1. The van der Waals surface area contributed by atoms with Crippen molar-refractivity contribution in [1.29, 1.82) is 0 Å². The van der Waals surface area contributed by atoms with Gasteiger partial charge in [0.25, 0.3) is 0 Å². The van der Waals surface area contributed by atoms with Gasteiger partial charge in [-0.2, -0.15) is 11.3 Å². The normalized spacial score (nSPS) is 13.5. The maximum atomic E-state index is 11.9. The molecule has 1 heterocycles. The highest BCUT2D eigenvalue weighted by Gasteiger charge is 2.24. The predicted octanol–water partition coefficient (Wildman–Crippen LogP) is 3.74. The molecule has 1 aromatic carbocycles. The molecule has 0 bridgehead atoms. The van der Waals surface area contributed by atoms with Gasteiger partial charge < -0.3 is 15.7 Å². The lowest BCUT2D eigenvalue weighted by Gasteiger charge is -2.23. The van der Waals surface area contributed by atoms with Gasteiger partial charge in [0.05, 0.1) is 6.54 Å². The van der Waals surface area contributed by atoms with Crippen molar-refractivity contribution in [3.8, 4) is 0 Å². The lowest BCUT2D eigenvalue weighted by molar-refractivity contribution is 0.0604. The average molecular weight is 325 g/mol. The molecule has 0 aliphatic rings. The van der Waals surface area contributed by atoms with Crippen LogP contribution in [0.25, 0.3) is 0 Å². The second-order valence-electron chi connectivity index (χ2n) is 5.05. The number of hydrogen-bond acceptors (Lipinski definition) is 3. The van der Waals surface area contributed by atoms with Crippen molar-refractivity contribution in [3.05, 3.63) is 51.2 Å². The first-order chi connectivity index (χ1) is 9.88. The Kier molecular flexibility index (Phi) is 4.88. The summed E-state index contributed by atoms with van der Waals surface area (Å²) in [5.74, 6) is 0. The highest BCUT2D eigenvalue weighted by atomic mass is 35.5. The van der Waals surface area contributed by atoms with Crippen molar-refractivity contribution in [1.82, 2.24) is 5.32 Å². The Bertz CT molecular complexity index is 627. The molecule has 4 nitrogen and oxygen atoms in total. The smallest absolute Gasteiger partial charge is 0.319 e. The topological polar surface area (TPSA) is 61.4 Å². The number of halogens is 1. The molecular weight excluding hydrogens is 308 g/mol. The van der Waals surface area contributed by atoms with E-state index < -0.39 is 5.60 Å². The number of carbonyl (C=O) groups is 1. The number of benzene rings is 1. The van der Waals surface area contributed by atoms with E-state index in [0.717, 1.165) is 11.1 Å². The third-order valence-electron chi connectivity index (χ3n) is 3.17. The largest absolute Gasteiger partial charge is 0.384 e. The molecule has 1 atom stereocenters. The Labute approximate surface area is 132 Å². The number of urea groups is 1. The van der Waals surface area contributed by atoms with Gasteiger partial charge in [-0.25, -0.2) is 4.79 Å². The summed E-state index contributed by atoms with van der Waals surface area (Å²) in [4.78, 5) is 11.9. The first kappa shape index (κ1) is 15.8. The molecule has 0 fully saturated rings. The van der Waals surface area contributed by atoms with E-state index in [4.69, 9.17) is 11.6 Å². The molecule has 1 aromatic heterocycles. The lowest BCUT2D eigenvalue weighted by Crippen LogP contribution is -2.40. The van der Waals surface area contributed by atoms with Crippen molar-refractivity contribution in [3.63, 3.8) is 0 Å². The quantitative estimate of drug-likeness (QED) is 0.802. The van der Waals surface area contributed by atoms with Crippen LogP contribution in [0.3, 0.4) is 0 Å². The van der Waals surface area contributed by atoms with Crippen LogP contribution >= 0.6 is 22.9 Å². The van der Waals surface area contributed by atoms with E-state index in [1.807, 2.05) is 23.8 Å². The number of carbonyl (C=O) groups excluding carboxylic acids is 1. The Morgan fingerprint density at radius 1 is 1.43 bits per heavy atom. The SMILES string of the molecule is Cc1cc(Cl)ccc1NC(=O)NCC(C)(O)c1ccsc1. The zero-order valence-corrected chi connectivity index (χ0v) is 13.4. The van der Waals surface area contributed by atoms with Crippen LogP contribution in [0.4, 0.5) is 10.5 Å². The summed E-state index contributed by atoms with van der Waals surface area (Å²) in [5.41, 5.74) is 1.26. The van der Waals surface area contributed by atoms with E-state index >= 15 is 0 Å². The van der Waals surface area contributed by atoms with Gasteiger partial charge in [-0.15, -0.1) is 0 Å². The summed E-state index contributed by atoms with van der Waals surface area (Å²) in [6, 6.07) is 6.71. The highest BCUT2D eigenvalue weighted by Crippen LogP contribution is 2.22. The molecule has 2 aromatic rings. The van der Waals surface area contributed by atoms with Crippen molar-refractivity contribution >= 4 is 34.7 Å². The summed E-state index contributed by atoms with van der Waals surface area (Å²) in [6.45, 7) is 3.66. The summed E-state index contributed by atoms with van der Waals surface area (Å²) in [7, 11) is 0. The third kappa shape index (κ3) is 4.20. The maximum Gasteiger partial charge on any atom is 0.319 e. The van der Waals surface area contributed by atoms with E-state index in [9.17, 15) is 9.90 Å². The molecule has 2 rings (SSSR count). The number of nitrogens with one attached hydrogen (secondary N) is 2. The predicted molar refractivity (Wildman–Crippen MR) is 87.1 cm³/mol. The van der Waals surface area contributed by atoms with E-state index in [1.165, 1.54) is 11.3 Å². The van der Waals surface area contributed by atoms with E-state index in [-0.39, 0.29) is 12.6 Å². The molecule has 0 aliphatic carbocycles. The van der Waals surface area contributed by atoms with Crippen molar-refractivity contribution in [2.75, 3.05) is 11.9 Å². The molecule has 2 amide bonds. The average Bonchev–Trinajstić information content (AvgIpc) is 2.95. The fourth-order valence-electron chi connectivity index (χ4n) is 1.86. The van der Waals surface area contributed by atoms with E-state index in [1.54, 1.807) is 25.1 Å². The number of thiophene rings is 1. The monoisotopic (exact) mass is 324 g/mol. The van der Waals surface area contributed by atoms with Crippen molar-refractivity contribution in [2.24, 2.45) is 0 Å². The van der Waals surface area contributed by atoms with Crippen LogP contribution in [0.15, 0.2) is 35.0 Å². The summed E-state index contributed by atoms with van der Waals surface area (Å²) >= 11 is 7.38. The van der Waals surface area contributed by atoms with Gasteiger partial charge in [0.2, 0.25) is 0 Å². The van der Waals surface area contributed by atoms with Crippen molar-refractivity contribution < 1.29 is 9.90 Å². The fourth-order valence-corrected chi connectivity index (χ4v) is 2.87. The number of hydrogen-bond donors (Lipinski definition) is 3. The number of amides is 2. The van der Waals surface area contributed by atoms with Crippen LogP contribution in [0, 0.1) is 6.92 Å². The van der Waals surface area contributed by atoms with Crippen LogP contribution in [-0.2, 0) is 5.60 Å². The third-order valence-corrected chi connectivity index (χ3v) is 4.09. The second-order valence-corrected chi connectivity index (χ2v) is 6.27. The fraction of sp³-hybridized carbons (Fsp3) is 0.267. The van der Waals surface area contributed by atoms with Gasteiger partial charge >= 0.3 is 6.03 Å². The molecule has 0 aliphatic heterocycles. The van der Waals surface area contributed by atoms with Crippen LogP contribution < -0.4 is 10.6 Å². The Morgan fingerprint density at radius 2 is 2.19 bits per heavy atom. The van der Waals surface area contributed by atoms with Crippen LogP contribution in [0.1, 0.15) is 18.1 Å². The highest BCUT2D eigenvalue weighted by molar-refractivity contribution is 7.08. The molecule has 0 radical (unpaired) electrons. The molecule has 0 saturated heterocycles. The Balaban J connectivity index is 1.93. The molecular formula is C15H17ClN2O2S. The van der Waals surface area contributed by atoms with Gasteiger partial charge in [-0.3, -0.25) is 0 Å². The number of rotatable bonds is 4. The second kappa shape index (κ2) is 6.47. The van der Waals surface area contributed by atoms with E-state index in [2.05, 4.69) is 10.6 Å². The van der Waals surface area contributed by atoms with Gasteiger partial charge in [-0.1, -0.05) is 11.6 Å². The Hall–Kier alpha value is -1.56. The van der Waals surface area contributed by atoms with Gasteiger partial charge in [0.1, 0.15) is 5.60 Å². The zero-order chi connectivity index (χ0) is 15.5. The molecule has 1 unspecified atom stereocenters. The summed E-state index contributed by atoms with van der Waals surface area (Å²) in [5, 5.41) is 20.1. The first-order valence-electron chi connectivity index (χ1n) is 6.44. The molecule has 0 spiro atoms. The zero-order valence-electron chi connectivity index (χ0n) is 11.8. The minimum absolute atomic E-state index is 0.127.